The van der Waals surface area contributed by atoms with E-state index in [9.17, 15) is 4.79 Å². The summed E-state index contributed by atoms with van der Waals surface area (Å²) >= 11 is 1.48. The van der Waals surface area contributed by atoms with Crippen LogP contribution in [0.4, 0.5) is 5.13 Å². The Bertz CT molecular complexity index is 954. The van der Waals surface area contributed by atoms with Gasteiger partial charge in [-0.3, -0.25) is 10.1 Å². The number of hydrogen-bond donors (Lipinski definition) is 1. The van der Waals surface area contributed by atoms with E-state index < -0.39 is 0 Å². The number of nitrogens with one attached hydrogen (secondary N) is 1. The van der Waals surface area contributed by atoms with Crippen molar-refractivity contribution in [3.63, 3.8) is 0 Å². The molecule has 0 fully saturated rings. The fraction of sp³-hybridized carbons (Fsp3) is 0.333. The Balaban J connectivity index is 1.66. The molecular weight excluding hydrogens is 344 g/mol. The third kappa shape index (κ3) is 4.22. The van der Waals surface area contributed by atoms with E-state index in [1.807, 2.05) is 38.1 Å². The number of anilines is 1. The van der Waals surface area contributed by atoms with Crippen molar-refractivity contribution in [2.45, 2.75) is 40.0 Å². The molecule has 0 aliphatic carbocycles. The number of rotatable bonds is 4. The Morgan fingerprint density at radius 1 is 1.12 bits per heavy atom. The topological polar surface area (TPSA) is 51.2 Å². The summed E-state index contributed by atoms with van der Waals surface area (Å²) in [7, 11) is 0. The summed E-state index contributed by atoms with van der Waals surface area (Å²) in [4.78, 5) is 16.7. The maximum atomic E-state index is 12.2. The van der Waals surface area contributed by atoms with Crippen molar-refractivity contribution in [2.75, 3.05) is 11.9 Å². The van der Waals surface area contributed by atoms with Crippen molar-refractivity contribution in [1.29, 1.82) is 0 Å². The monoisotopic (exact) mass is 368 g/mol. The molecule has 136 valence electrons. The number of hydrogen-bond acceptors (Lipinski definition) is 4. The van der Waals surface area contributed by atoms with Gasteiger partial charge in [-0.25, -0.2) is 4.98 Å². The van der Waals surface area contributed by atoms with E-state index in [0.29, 0.717) is 10.9 Å². The summed E-state index contributed by atoms with van der Waals surface area (Å²) in [6.45, 7) is 10.6. The molecule has 0 aliphatic rings. The summed E-state index contributed by atoms with van der Waals surface area (Å²) in [5.74, 6) is 0.487. The van der Waals surface area contributed by atoms with E-state index >= 15 is 0 Å². The molecule has 26 heavy (non-hydrogen) atoms. The Labute approximate surface area is 158 Å². The molecular formula is C21H24N2O2S. The van der Waals surface area contributed by atoms with E-state index in [0.717, 1.165) is 15.8 Å². The van der Waals surface area contributed by atoms with E-state index in [1.54, 1.807) is 0 Å². The van der Waals surface area contributed by atoms with Crippen molar-refractivity contribution < 1.29 is 9.53 Å². The molecule has 0 unspecified atom stereocenters. The van der Waals surface area contributed by atoms with Crippen molar-refractivity contribution in [3.05, 3.63) is 53.1 Å². The van der Waals surface area contributed by atoms with Crippen LogP contribution in [0.2, 0.25) is 0 Å². The first-order valence-electron chi connectivity index (χ1n) is 8.63. The van der Waals surface area contributed by atoms with Crippen LogP contribution in [-0.2, 0) is 10.2 Å². The Kier molecular flexibility index (Phi) is 5.01. The maximum Gasteiger partial charge on any atom is 0.264 e. The van der Waals surface area contributed by atoms with Gasteiger partial charge in [-0.15, -0.1) is 0 Å². The van der Waals surface area contributed by atoms with Crippen LogP contribution in [0.1, 0.15) is 37.5 Å². The lowest BCUT2D eigenvalue weighted by atomic mass is 9.87. The minimum absolute atomic E-state index is 0.0360. The Hall–Kier alpha value is -2.40. The molecule has 2 aromatic carbocycles. The van der Waals surface area contributed by atoms with Crippen molar-refractivity contribution in [1.82, 2.24) is 4.98 Å². The number of fused-ring (bicyclic) bond motifs is 1. The summed E-state index contributed by atoms with van der Waals surface area (Å²) in [5.41, 5.74) is 4.58. The molecule has 0 radical (unpaired) electrons. The Morgan fingerprint density at radius 3 is 2.58 bits per heavy atom. The van der Waals surface area contributed by atoms with Gasteiger partial charge in [-0.05, 0) is 60.2 Å². The summed E-state index contributed by atoms with van der Waals surface area (Å²) < 4.78 is 6.65. The molecule has 1 amide bonds. The quantitative estimate of drug-likeness (QED) is 0.686. The molecule has 3 aromatic rings. The fourth-order valence-electron chi connectivity index (χ4n) is 2.55. The zero-order valence-electron chi connectivity index (χ0n) is 15.8. The Morgan fingerprint density at radius 2 is 1.88 bits per heavy atom. The third-order valence-electron chi connectivity index (χ3n) is 4.35. The van der Waals surface area contributed by atoms with Gasteiger partial charge in [0.15, 0.2) is 11.7 Å². The number of aryl methyl sites for hydroxylation is 2. The molecule has 0 saturated heterocycles. The molecule has 0 atom stereocenters. The third-order valence-corrected chi connectivity index (χ3v) is 5.28. The predicted molar refractivity (Wildman–Crippen MR) is 108 cm³/mol. The van der Waals surface area contributed by atoms with E-state index in [4.69, 9.17) is 4.74 Å². The second kappa shape index (κ2) is 7.08. The molecule has 3 rings (SSSR count). The van der Waals surface area contributed by atoms with Crippen LogP contribution in [0.25, 0.3) is 10.2 Å². The zero-order chi connectivity index (χ0) is 18.9. The highest BCUT2D eigenvalue weighted by molar-refractivity contribution is 7.22. The number of aromatic nitrogens is 1. The van der Waals surface area contributed by atoms with Crippen LogP contribution in [0.5, 0.6) is 5.75 Å². The van der Waals surface area contributed by atoms with E-state index in [-0.39, 0.29) is 17.9 Å². The first kappa shape index (κ1) is 18.4. The van der Waals surface area contributed by atoms with Gasteiger partial charge in [0, 0.05) is 0 Å². The van der Waals surface area contributed by atoms with Gasteiger partial charge in [0.1, 0.15) is 5.75 Å². The first-order valence-corrected chi connectivity index (χ1v) is 9.45. The average Bonchev–Trinajstić information content (AvgIpc) is 2.96. The molecule has 1 heterocycles. The number of carbonyl (C=O) groups is 1. The molecule has 0 bridgehead atoms. The van der Waals surface area contributed by atoms with Crippen LogP contribution in [-0.4, -0.2) is 17.5 Å². The van der Waals surface area contributed by atoms with Crippen molar-refractivity contribution in [2.24, 2.45) is 0 Å². The number of nitrogens with zero attached hydrogens (tertiary/aromatic N) is 1. The summed E-state index contributed by atoms with van der Waals surface area (Å²) in [6, 6.07) is 12.1. The van der Waals surface area contributed by atoms with Gasteiger partial charge in [0.05, 0.1) is 10.2 Å². The normalized spacial score (nSPS) is 11.6. The lowest BCUT2D eigenvalue weighted by molar-refractivity contribution is -0.118. The molecule has 0 saturated carbocycles. The fourth-order valence-corrected chi connectivity index (χ4v) is 3.47. The minimum atomic E-state index is -0.210. The largest absolute Gasteiger partial charge is 0.484 e. The highest BCUT2D eigenvalue weighted by Crippen LogP contribution is 2.31. The number of carbonyl (C=O) groups excluding carboxylic acids is 1. The lowest BCUT2D eigenvalue weighted by Crippen LogP contribution is -2.20. The highest BCUT2D eigenvalue weighted by atomic mass is 32.1. The number of amides is 1. The number of ether oxygens (including phenoxy) is 1. The molecule has 4 nitrogen and oxygen atoms in total. The second-order valence-electron chi connectivity index (χ2n) is 7.53. The van der Waals surface area contributed by atoms with Crippen LogP contribution in [0.3, 0.4) is 0 Å². The van der Waals surface area contributed by atoms with Gasteiger partial charge < -0.3 is 4.74 Å². The second-order valence-corrected chi connectivity index (χ2v) is 8.57. The van der Waals surface area contributed by atoms with Gasteiger partial charge in [0.2, 0.25) is 0 Å². The zero-order valence-corrected chi connectivity index (χ0v) is 16.7. The molecule has 0 spiro atoms. The van der Waals surface area contributed by atoms with Crippen molar-refractivity contribution in [3.8, 4) is 5.75 Å². The average molecular weight is 369 g/mol. The standard InChI is InChI=1S/C21H24N2O2S/c1-13-6-8-16(10-14(13)2)25-12-19(24)23-20-22-17-9-7-15(21(3,4)5)11-18(17)26-20/h6-11H,12H2,1-5H3,(H,22,23,24). The van der Waals surface area contributed by atoms with Gasteiger partial charge in [-0.2, -0.15) is 0 Å². The van der Waals surface area contributed by atoms with Gasteiger partial charge in [0.25, 0.3) is 5.91 Å². The molecule has 1 N–H and O–H groups in total. The first-order chi connectivity index (χ1) is 12.2. The summed E-state index contributed by atoms with van der Waals surface area (Å²) in [6.07, 6.45) is 0. The minimum Gasteiger partial charge on any atom is -0.484 e. The highest BCUT2D eigenvalue weighted by Gasteiger charge is 2.15. The SMILES string of the molecule is Cc1ccc(OCC(=O)Nc2nc3ccc(C(C)(C)C)cc3s2)cc1C. The number of benzene rings is 2. The van der Waals surface area contributed by atoms with Crippen molar-refractivity contribution >= 4 is 32.6 Å². The smallest absolute Gasteiger partial charge is 0.264 e. The molecule has 0 aliphatic heterocycles. The van der Waals surface area contributed by atoms with Crippen LogP contribution in [0.15, 0.2) is 36.4 Å². The van der Waals surface area contributed by atoms with Crippen LogP contribution in [0, 0.1) is 13.8 Å². The van der Waals surface area contributed by atoms with Crippen LogP contribution < -0.4 is 10.1 Å². The molecule has 5 heteroatoms. The van der Waals surface area contributed by atoms with Crippen LogP contribution >= 0.6 is 11.3 Å². The van der Waals surface area contributed by atoms with E-state index in [1.165, 1.54) is 22.5 Å². The van der Waals surface area contributed by atoms with Gasteiger partial charge >= 0.3 is 0 Å². The van der Waals surface area contributed by atoms with Gasteiger partial charge in [-0.1, -0.05) is 44.2 Å². The van der Waals surface area contributed by atoms with E-state index in [2.05, 4.69) is 43.2 Å². The predicted octanol–water partition coefficient (Wildman–Crippen LogP) is 5.23. The lowest BCUT2D eigenvalue weighted by Gasteiger charge is -2.18. The molecule has 1 aromatic heterocycles. The number of thiazole rings is 1. The maximum absolute atomic E-state index is 12.2. The summed E-state index contributed by atoms with van der Waals surface area (Å²) in [5, 5.41) is 3.43.